The maximum absolute atomic E-state index is 13.4. The Morgan fingerprint density at radius 1 is 1.04 bits per heavy atom. The molecular weight excluding hydrogens is 346 g/mol. The van der Waals surface area contributed by atoms with E-state index in [-0.39, 0.29) is 4.90 Å². The molecule has 0 amide bonds. The SMILES string of the molecule is Cc1ccccc1C[NH+]1CCN(S(=O)(=O)c2ccc(F)c(F)c2)CC1. The maximum Gasteiger partial charge on any atom is 0.243 e. The molecule has 1 fully saturated rings. The summed E-state index contributed by atoms with van der Waals surface area (Å²) in [6.07, 6.45) is 0. The van der Waals surface area contributed by atoms with E-state index in [9.17, 15) is 17.2 Å². The zero-order valence-corrected chi connectivity index (χ0v) is 14.8. The summed E-state index contributed by atoms with van der Waals surface area (Å²) < 4.78 is 52.9. The third-order valence-electron chi connectivity index (χ3n) is 4.66. The summed E-state index contributed by atoms with van der Waals surface area (Å²) >= 11 is 0. The molecule has 25 heavy (non-hydrogen) atoms. The van der Waals surface area contributed by atoms with Crippen LogP contribution in [0.15, 0.2) is 47.4 Å². The van der Waals surface area contributed by atoms with Crippen LogP contribution in [-0.4, -0.2) is 38.9 Å². The standard InChI is InChI=1S/C18H20F2N2O2S/c1-14-4-2-3-5-15(14)13-21-8-10-22(11-9-21)25(23,24)16-6-7-17(19)18(20)12-16/h2-7,12H,8-11,13H2,1H3/p+1. The van der Waals surface area contributed by atoms with Crippen molar-refractivity contribution in [2.75, 3.05) is 26.2 Å². The fourth-order valence-corrected chi connectivity index (χ4v) is 4.54. The largest absolute Gasteiger partial charge is 0.329 e. The maximum atomic E-state index is 13.4. The first-order chi connectivity index (χ1) is 11.9. The van der Waals surface area contributed by atoms with E-state index < -0.39 is 21.7 Å². The van der Waals surface area contributed by atoms with Crippen LogP contribution in [0.4, 0.5) is 8.78 Å². The molecule has 0 radical (unpaired) electrons. The lowest BCUT2D eigenvalue weighted by molar-refractivity contribution is -0.917. The van der Waals surface area contributed by atoms with Crippen LogP contribution < -0.4 is 4.90 Å². The van der Waals surface area contributed by atoms with Gasteiger partial charge in [-0.1, -0.05) is 24.3 Å². The predicted molar refractivity (Wildman–Crippen MR) is 90.7 cm³/mol. The zero-order chi connectivity index (χ0) is 18.0. The van der Waals surface area contributed by atoms with Crippen molar-refractivity contribution in [2.45, 2.75) is 18.4 Å². The average molecular weight is 367 g/mol. The lowest BCUT2D eigenvalue weighted by Gasteiger charge is -2.31. The first-order valence-electron chi connectivity index (χ1n) is 8.21. The quantitative estimate of drug-likeness (QED) is 0.887. The first-order valence-corrected chi connectivity index (χ1v) is 9.65. The van der Waals surface area contributed by atoms with Gasteiger partial charge < -0.3 is 4.90 Å². The van der Waals surface area contributed by atoms with Gasteiger partial charge in [0.25, 0.3) is 0 Å². The van der Waals surface area contributed by atoms with Crippen LogP contribution in [0.25, 0.3) is 0 Å². The molecule has 0 atom stereocenters. The molecule has 1 aliphatic rings. The molecule has 0 aliphatic carbocycles. The topological polar surface area (TPSA) is 41.8 Å². The third-order valence-corrected chi connectivity index (χ3v) is 6.55. The van der Waals surface area contributed by atoms with Crippen molar-refractivity contribution in [2.24, 2.45) is 0 Å². The number of nitrogens with zero attached hydrogens (tertiary/aromatic N) is 1. The Hall–Kier alpha value is -1.83. The normalized spacial score (nSPS) is 16.9. The number of hydrogen-bond acceptors (Lipinski definition) is 2. The summed E-state index contributed by atoms with van der Waals surface area (Å²) in [5.74, 6) is -2.20. The molecule has 7 heteroatoms. The summed E-state index contributed by atoms with van der Waals surface area (Å²) in [6.45, 7) is 5.00. The van der Waals surface area contributed by atoms with Crippen molar-refractivity contribution >= 4 is 10.0 Å². The number of aryl methyl sites for hydroxylation is 1. The van der Waals surface area contributed by atoms with Crippen LogP contribution in [0, 0.1) is 18.6 Å². The molecule has 0 aromatic heterocycles. The van der Waals surface area contributed by atoms with Crippen molar-refractivity contribution in [1.29, 1.82) is 0 Å². The molecule has 134 valence electrons. The number of quaternary nitrogens is 1. The molecule has 2 aromatic rings. The van der Waals surface area contributed by atoms with Gasteiger partial charge in [0.05, 0.1) is 31.1 Å². The Morgan fingerprint density at radius 2 is 1.72 bits per heavy atom. The second kappa shape index (κ2) is 7.19. The molecule has 3 rings (SSSR count). The van der Waals surface area contributed by atoms with Gasteiger partial charge in [-0.2, -0.15) is 4.31 Å². The highest BCUT2D eigenvalue weighted by Crippen LogP contribution is 2.18. The predicted octanol–water partition coefficient (Wildman–Crippen LogP) is 1.36. The number of sulfonamides is 1. The summed E-state index contributed by atoms with van der Waals surface area (Å²) in [4.78, 5) is 1.11. The van der Waals surface area contributed by atoms with E-state index >= 15 is 0 Å². The highest BCUT2D eigenvalue weighted by atomic mass is 32.2. The van der Waals surface area contributed by atoms with Gasteiger partial charge in [0, 0.05) is 5.56 Å². The average Bonchev–Trinajstić information content (AvgIpc) is 2.60. The molecular formula is C18H21F2N2O2S+. The van der Waals surface area contributed by atoms with Crippen LogP contribution in [-0.2, 0) is 16.6 Å². The van der Waals surface area contributed by atoms with Crippen LogP contribution >= 0.6 is 0 Å². The fraction of sp³-hybridized carbons (Fsp3) is 0.333. The Morgan fingerprint density at radius 3 is 2.36 bits per heavy atom. The van der Waals surface area contributed by atoms with Crippen molar-refractivity contribution in [1.82, 2.24) is 4.31 Å². The summed E-state index contributed by atoms with van der Waals surface area (Å²) in [6, 6.07) is 10.9. The molecule has 0 unspecified atom stereocenters. The zero-order valence-electron chi connectivity index (χ0n) is 14.0. The summed E-state index contributed by atoms with van der Waals surface area (Å²) in [5, 5.41) is 0. The molecule has 0 saturated carbocycles. The third kappa shape index (κ3) is 3.89. The van der Waals surface area contributed by atoms with Crippen molar-refractivity contribution in [3.05, 3.63) is 65.2 Å². The van der Waals surface area contributed by atoms with Crippen molar-refractivity contribution in [3.8, 4) is 0 Å². The number of piperazine rings is 1. The monoisotopic (exact) mass is 367 g/mol. The van der Waals surface area contributed by atoms with E-state index in [4.69, 9.17) is 0 Å². The summed E-state index contributed by atoms with van der Waals surface area (Å²) in [7, 11) is -3.79. The Balaban J connectivity index is 1.67. The van der Waals surface area contributed by atoms with Crippen LogP contribution in [0.2, 0.25) is 0 Å². The van der Waals surface area contributed by atoms with Gasteiger partial charge in [-0.3, -0.25) is 0 Å². The molecule has 1 saturated heterocycles. The molecule has 1 aliphatic heterocycles. The first kappa shape index (κ1) is 18.0. The van der Waals surface area contributed by atoms with Crippen molar-refractivity contribution < 1.29 is 22.1 Å². The number of rotatable bonds is 4. The van der Waals surface area contributed by atoms with Crippen LogP contribution in [0.5, 0.6) is 0 Å². The number of nitrogens with one attached hydrogen (secondary N) is 1. The lowest BCUT2D eigenvalue weighted by atomic mass is 10.1. The van der Waals surface area contributed by atoms with E-state index in [0.29, 0.717) is 26.2 Å². The van der Waals surface area contributed by atoms with Gasteiger partial charge in [0.2, 0.25) is 10.0 Å². The van der Waals surface area contributed by atoms with E-state index in [1.165, 1.54) is 20.3 Å². The van der Waals surface area contributed by atoms with Crippen LogP contribution in [0.3, 0.4) is 0 Å². The minimum absolute atomic E-state index is 0.200. The van der Waals surface area contributed by atoms with Crippen LogP contribution in [0.1, 0.15) is 11.1 Å². The highest BCUT2D eigenvalue weighted by molar-refractivity contribution is 7.89. The molecule has 1 N–H and O–H groups in total. The highest BCUT2D eigenvalue weighted by Gasteiger charge is 2.31. The second-order valence-corrected chi connectivity index (χ2v) is 8.27. The fourth-order valence-electron chi connectivity index (χ4n) is 3.08. The number of halogens is 2. The second-order valence-electron chi connectivity index (χ2n) is 6.33. The number of hydrogen-bond donors (Lipinski definition) is 1. The molecule has 0 spiro atoms. The van der Waals surface area contributed by atoms with E-state index in [1.807, 2.05) is 12.1 Å². The smallest absolute Gasteiger partial charge is 0.243 e. The Labute approximate surface area is 146 Å². The minimum Gasteiger partial charge on any atom is -0.329 e. The van der Waals surface area contributed by atoms with Gasteiger partial charge >= 0.3 is 0 Å². The molecule has 2 aromatic carbocycles. The van der Waals surface area contributed by atoms with Gasteiger partial charge in [0.1, 0.15) is 6.54 Å². The van der Waals surface area contributed by atoms with E-state index in [0.717, 1.165) is 24.7 Å². The Kier molecular flexibility index (Phi) is 5.17. The molecule has 4 nitrogen and oxygen atoms in total. The van der Waals surface area contributed by atoms with E-state index in [2.05, 4.69) is 19.1 Å². The van der Waals surface area contributed by atoms with Gasteiger partial charge in [-0.15, -0.1) is 0 Å². The van der Waals surface area contributed by atoms with Gasteiger partial charge in [-0.25, -0.2) is 17.2 Å². The van der Waals surface area contributed by atoms with Gasteiger partial charge in [0.15, 0.2) is 11.6 Å². The van der Waals surface area contributed by atoms with E-state index in [1.54, 1.807) is 0 Å². The molecule has 1 heterocycles. The molecule has 0 bridgehead atoms. The Bertz CT molecular complexity index is 863. The number of benzene rings is 2. The minimum atomic E-state index is -3.79. The van der Waals surface area contributed by atoms with Gasteiger partial charge in [-0.05, 0) is 30.7 Å². The van der Waals surface area contributed by atoms with Crippen molar-refractivity contribution in [3.63, 3.8) is 0 Å². The lowest BCUT2D eigenvalue weighted by Crippen LogP contribution is -3.13. The summed E-state index contributed by atoms with van der Waals surface area (Å²) in [5.41, 5.74) is 2.49.